The summed E-state index contributed by atoms with van der Waals surface area (Å²) in [4.78, 5) is 53.0. The molecule has 1 fully saturated rings. The van der Waals surface area contributed by atoms with Crippen LogP contribution >= 0.6 is 27.0 Å². The number of aromatic nitrogens is 7. The van der Waals surface area contributed by atoms with Crippen LogP contribution in [-0.4, -0.2) is 77.0 Å². The van der Waals surface area contributed by atoms with Crippen molar-refractivity contribution in [1.82, 2.24) is 34.1 Å². The fourth-order valence-electron chi connectivity index (χ4n) is 4.39. The Kier molecular flexibility index (Phi) is 9.66. The number of nitrogens with zero attached hydrogens (tertiary/aromatic N) is 7. The maximum atomic E-state index is 15.7. The molecule has 22 heteroatoms. The first-order valence-corrected chi connectivity index (χ1v) is 16.9. The topological polar surface area (TPSA) is 228 Å². The average molecular weight is 674 g/mol. The van der Waals surface area contributed by atoms with E-state index in [0.717, 1.165) is 0 Å². The summed E-state index contributed by atoms with van der Waals surface area (Å²) >= 11 is 9.21. The summed E-state index contributed by atoms with van der Waals surface area (Å²) < 4.78 is 45.6. The van der Waals surface area contributed by atoms with E-state index in [0.29, 0.717) is 11.2 Å². The second-order valence-electron chi connectivity index (χ2n) is 8.82. The number of nitriles is 1. The molecule has 5 heterocycles. The standard InChI is InChI=1S/C21H22FN9O8P2S2/c22-14-12(6-36-40-42)38-20(31-8-26-15-18(31)28-21(24)29-19(15)33)16(14)39-41(34,43)37-7-13-27-11-3-10(4-23)5-25-17(11)30(13)1-2-35-9-32/h3,5,8-9,12,14,16,20,40,42H,1-2,6-7H2,(H,34,43)(H3,24,28,29,33)/t12-,14+,16-,20-,41?/m1/s1. The van der Waals surface area contributed by atoms with Crippen molar-refractivity contribution in [1.29, 1.82) is 5.26 Å². The SMILES string of the molecule is N#Cc1cnc2c(c1)nc(COP(O)(=S)O[C@@H]1[C@@H](F)[C@@H](COPS)O[C@H]1n1cnc3c(=O)[nH]c(N)nc31)n2CCOC=O. The van der Waals surface area contributed by atoms with Crippen LogP contribution < -0.4 is 11.3 Å². The number of halogens is 1. The fraction of sp³-hybridized carbons (Fsp3) is 0.381. The van der Waals surface area contributed by atoms with Crippen LogP contribution in [0.2, 0.25) is 0 Å². The van der Waals surface area contributed by atoms with Gasteiger partial charge in [-0.05, 0) is 17.9 Å². The number of H-pyrrole nitrogens is 1. The predicted octanol–water partition coefficient (Wildman–Crippen LogP) is 1.00. The summed E-state index contributed by atoms with van der Waals surface area (Å²) in [7, 11) is -0.256. The molecule has 0 amide bonds. The van der Waals surface area contributed by atoms with Crippen molar-refractivity contribution in [2.75, 3.05) is 18.9 Å². The van der Waals surface area contributed by atoms with Crippen molar-refractivity contribution in [3.05, 3.63) is 40.3 Å². The predicted molar refractivity (Wildman–Crippen MR) is 155 cm³/mol. The molecule has 2 unspecified atom stereocenters. The lowest BCUT2D eigenvalue weighted by atomic mass is 10.1. The average Bonchev–Trinajstić information content (AvgIpc) is 3.64. The van der Waals surface area contributed by atoms with Gasteiger partial charge in [0.2, 0.25) is 5.95 Å². The summed E-state index contributed by atoms with van der Waals surface area (Å²) in [5, 5.41) is 9.20. The summed E-state index contributed by atoms with van der Waals surface area (Å²) in [6.07, 6.45) is -3.41. The van der Waals surface area contributed by atoms with E-state index < -0.39 is 43.5 Å². The van der Waals surface area contributed by atoms with E-state index >= 15 is 4.39 Å². The Labute approximate surface area is 252 Å². The molecule has 0 saturated carbocycles. The number of nitrogen functional groups attached to an aromatic ring is 1. The lowest BCUT2D eigenvalue weighted by molar-refractivity contribution is -0.128. The normalized spacial score (nSPS) is 21.9. The molecule has 0 aliphatic carbocycles. The molecule has 0 radical (unpaired) electrons. The van der Waals surface area contributed by atoms with Gasteiger partial charge < -0.3 is 33.7 Å². The monoisotopic (exact) mass is 673 g/mol. The molecule has 5 rings (SSSR count). The van der Waals surface area contributed by atoms with Crippen LogP contribution in [0.3, 0.4) is 0 Å². The number of carbonyl (C=O) groups is 1. The van der Waals surface area contributed by atoms with Gasteiger partial charge in [-0.1, -0.05) is 0 Å². The molecule has 43 heavy (non-hydrogen) atoms. The highest BCUT2D eigenvalue weighted by atomic mass is 32.7. The van der Waals surface area contributed by atoms with Gasteiger partial charge in [0.25, 0.3) is 12.0 Å². The molecule has 0 spiro atoms. The largest absolute Gasteiger partial charge is 0.466 e. The lowest BCUT2D eigenvalue weighted by Crippen LogP contribution is -2.32. The molecule has 17 nitrogen and oxygen atoms in total. The summed E-state index contributed by atoms with van der Waals surface area (Å²) in [5.41, 5.74) is 5.91. The quantitative estimate of drug-likeness (QED) is 0.0672. The van der Waals surface area contributed by atoms with Crippen LogP contribution in [0.15, 0.2) is 23.4 Å². The van der Waals surface area contributed by atoms with Crippen LogP contribution in [0.5, 0.6) is 0 Å². The number of rotatable bonds is 13. The zero-order chi connectivity index (χ0) is 30.7. The Bertz CT molecular complexity index is 1800. The molecule has 1 aliphatic heterocycles. The molecule has 0 bridgehead atoms. The lowest BCUT2D eigenvalue weighted by Gasteiger charge is -2.25. The van der Waals surface area contributed by atoms with Crippen molar-refractivity contribution in [3.63, 3.8) is 0 Å². The maximum absolute atomic E-state index is 15.7. The van der Waals surface area contributed by atoms with E-state index in [1.807, 2.05) is 6.07 Å². The number of pyridine rings is 1. The Morgan fingerprint density at radius 2 is 2.21 bits per heavy atom. The van der Waals surface area contributed by atoms with E-state index in [1.54, 1.807) is 4.57 Å². The number of alkyl halides is 1. The number of fused-ring (bicyclic) bond motifs is 2. The van der Waals surface area contributed by atoms with E-state index in [1.165, 1.54) is 23.2 Å². The number of ether oxygens (including phenoxy) is 2. The van der Waals surface area contributed by atoms with E-state index in [4.69, 9.17) is 40.6 Å². The van der Waals surface area contributed by atoms with E-state index in [2.05, 4.69) is 37.2 Å². The van der Waals surface area contributed by atoms with Crippen LogP contribution in [0.1, 0.15) is 17.6 Å². The van der Waals surface area contributed by atoms with Crippen LogP contribution in [-0.2, 0) is 52.8 Å². The molecule has 6 atom stereocenters. The summed E-state index contributed by atoms with van der Waals surface area (Å²) in [6.45, 7) is -4.49. The maximum Gasteiger partial charge on any atom is 0.325 e. The van der Waals surface area contributed by atoms with Gasteiger partial charge in [-0.15, -0.1) is 12.2 Å². The molecule has 4 N–H and O–H groups in total. The number of nitrogens with two attached hydrogens (primary N) is 1. The van der Waals surface area contributed by atoms with Crippen LogP contribution in [0.25, 0.3) is 22.3 Å². The number of hydrogen-bond acceptors (Lipinski definition) is 15. The number of imidazole rings is 2. The van der Waals surface area contributed by atoms with Gasteiger partial charge in [-0.25, -0.2) is 19.3 Å². The van der Waals surface area contributed by atoms with E-state index in [9.17, 15) is 19.7 Å². The second kappa shape index (κ2) is 13.3. The van der Waals surface area contributed by atoms with Crippen molar-refractivity contribution >= 4 is 73.5 Å². The van der Waals surface area contributed by atoms with Gasteiger partial charge in [0.15, 0.2) is 29.2 Å². The Hall–Kier alpha value is -3.11. The highest BCUT2D eigenvalue weighted by molar-refractivity contribution is 8.36. The molecule has 228 valence electrons. The third-order valence-electron chi connectivity index (χ3n) is 6.21. The second-order valence-corrected chi connectivity index (χ2v) is 12.6. The Morgan fingerprint density at radius 1 is 1.40 bits per heavy atom. The Balaban J connectivity index is 1.41. The smallest absolute Gasteiger partial charge is 0.325 e. The highest BCUT2D eigenvalue weighted by Crippen LogP contribution is 2.51. The summed E-state index contributed by atoms with van der Waals surface area (Å²) in [5.74, 6) is -0.00775. The molecule has 1 aliphatic rings. The first-order valence-electron chi connectivity index (χ1n) is 12.1. The zero-order valence-corrected chi connectivity index (χ0v) is 25.2. The molecule has 4 aromatic rings. The van der Waals surface area contributed by atoms with Crippen molar-refractivity contribution in [3.8, 4) is 6.07 Å². The third-order valence-corrected chi connectivity index (χ3v) is 8.43. The highest BCUT2D eigenvalue weighted by Gasteiger charge is 2.50. The Morgan fingerprint density at radius 3 is 2.95 bits per heavy atom. The minimum atomic E-state index is -4.23. The number of carbonyl (C=O) groups excluding carboxylic acids is 1. The molecule has 0 aromatic carbocycles. The third kappa shape index (κ3) is 6.70. The zero-order valence-electron chi connectivity index (χ0n) is 21.6. The summed E-state index contributed by atoms with van der Waals surface area (Å²) in [6, 6.07) is 3.47. The van der Waals surface area contributed by atoms with Gasteiger partial charge in [0.05, 0.1) is 33.1 Å². The van der Waals surface area contributed by atoms with Gasteiger partial charge >= 0.3 is 6.72 Å². The number of thiol groups is 1. The van der Waals surface area contributed by atoms with E-state index in [-0.39, 0.29) is 62.7 Å². The first kappa shape index (κ1) is 31.3. The van der Waals surface area contributed by atoms with Gasteiger partial charge in [-0.2, -0.15) is 10.2 Å². The van der Waals surface area contributed by atoms with Gasteiger partial charge in [0, 0.05) is 6.20 Å². The van der Waals surface area contributed by atoms with Crippen LogP contribution in [0, 0.1) is 11.3 Å². The van der Waals surface area contributed by atoms with Gasteiger partial charge in [-0.3, -0.25) is 23.7 Å². The minimum absolute atomic E-state index is 0.0210. The molecule has 1 saturated heterocycles. The number of nitrogens with one attached hydrogen (secondary N) is 1. The number of anilines is 1. The van der Waals surface area contributed by atoms with Crippen LogP contribution in [0.4, 0.5) is 10.3 Å². The van der Waals surface area contributed by atoms with Crippen molar-refractivity contribution in [2.24, 2.45) is 0 Å². The van der Waals surface area contributed by atoms with Crippen molar-refractivity contribution < 1.29 is 37.1 Å². The molecule has 4 aromatic heterocycles. The molecular formula is C21H22FN9O8P2S2. The van der Waals surface area contributed by atoms with Crippen molar-refractivity contribution in [2.45, 2.75) is 37.8 Å². The fourth-order valence-corrected chi connectivity index (χ4v) is 6.18. The van der Waals surface area contributed by atoms with Gasteiger partial charge in [0.1, 0.15) is 42.8 Å². The molecular weight excluding hydrogens is 651 g/mol. The minimum Gasteiger partial charge on any atom is -0.466 e. The number of aromatic amines is 1. The first-order chi connectivity index (χ1) is 20.7. The number of hydrogen-bond donors (Lipinski definition) is 4.